The second kappa shape index (κ2) is 7.22. The van der Waals surface area contributed by atoms with Gasteiger partial charge in [-0.25, -0.2) is 0 Å². The first-order chi connectivity index (χ1) is 12.8. The minimum absolute atomic E-state index is 0.0161. The topological polar surface area (TPSA) is 95.7 Å². The van der Waals surface area contributed by atoms with Crippen LogP contribution in [-0.4, -0.2) is 55.2 Å². The predicted molar refractivity (Wildman–Crippen MR) is 91.3 cm³/mol. The van der Waals surface area contributed by atoms with E-state index in [0.717, 1.165) is 12.8 Å². The van der Waals surface area contributed by atoms with Crippen molar-refractivity contribution in [2.45, 2.75) is 12.8 Å². The number of piperidine rings is 1. The van der Waals surface area contributed by atoms with Crippen molar-refractivity contribution in [3.05, 3.63) is 24.1 Å². The van der Waals surface area contributed by atoms with Gasteiger partial charge in [-0.1, -0.05) is 0 Å². The zero-order valence-corrected chi connectivity index (χ0v) is 14.4. The SMILES string of the molecule is N#Cc1nc(-c2ccco2)oc1N1CCC(C(=O)N2CCOCC2)CC1. The molecule has 0 atom stereocenters. The molecular formula is C18H20N4O4. The Labute approximate surface area is 150 Å². The zero-order valence-electron chi connectivity index (χ0n) is 14.4. The molecule has 0 saturated carbocycles. The summed E-state index contributed by atoms with van der Waals surface area (Å²) in [4.78, 5) is 20.7. The molecule has 1 amide bonds. The first-order valence-corrected chi connectivity index (χ1v) is 8.82. The molecule has 2 aliphatic heterocycles. The number of oxazole rings is 1. The van der Waals surface area contributed by atoms with Crippen molar-refractivity contribution in [2.75, 3.05) is 44.3 Å². The molecule has 0 aromatic carbocycles. The number of anilines is 1. The lowest BCUT2D eigenvalue weighted by molar-refractivity contribution is -0.140. The molecule has 0 bridgehead atoms. The van der Waals surface area contributed by atoms with Gasteiger partial charge >= 0.3 is 0 Å². The molecule has 0 radical (unpaired) electrons. The number of nitrogens with zero attached hydrogens (tertiary/aromatic N) is 4. The van der Waals surface area contributed by atoms with Crippen molar-refractivity contribution in [1.29, 1.82) is 5.26 Å². The maximum atomic E-state index is 12.6. The van der Waals surface area contributed by atoms with E-state index in [1.54, 1.807) is 12.1 Å². The second-order valence-electron chi connectivity index (χ2n) is 6.46. The Morgan fingerprint density at radius 2 is 2.00 bits per heavy atom. The van der Waals surface area contributed by atoms with E-state index in [4.69, 9.17) is 13.6 Å². The summed E-state index contributed by atoms with van der Waals surface area (Å²) < 4.78 is 16.4. The van der Waals surface area contributed by atoms with E-state index < -0.39 is 0 Å². The summed E-state index contributed by atoms with van der Waals surface area (Å²) in [5.74, 6) is 1.47. The number of carbonyl (C=O) groups is 1. The number of furan rings is 1. The maximum absolute atomic E-state index is 12.6. The van der Waals surface area contributed by atoms with E-state index in [-0.39, 0.29) is 17.5 Å². The smallest absolute Gasteiger partial charge is 0.266 e. The molecule has 2 aromatic rings. The van der Waals surface area contributed by atoms with Crippen LogP contribution in [0.3, 0.4) is 0 Å². The zero-order chi connectivity index (χ0) is 17.9. The van der Waals surface area contributed by atoms with Crippen molar-refractivity contribution in [1.82, 2.24) is 9.88 Å². The lowest BCUT2D eigenvalue weighted by Crippen LogP contribution is -2.46. The highest BCUT2D eigenvalue weighted by atomic mass is 16.5. The van der Waals surface area contributed by atoms with Crippen molar-refractivity contribution in [3.63, 3.8) is 0 Å². The van der Waals surface area contributed by atoms with Crippen LogP contribution in [0.25, 0.3) is 11.7 Å². The summed E-state index contributed by atoms with van der Waals surface area (Å²) in [7, 11) is 0. The highest BCUT2D eigenvalue weighted by molar-refractivity contribution is 5.79. The second-order valence-corrected chi connectivity index (χ2v) is 6.46. The normalized spacial score (nSPS) is 18.7. The molecule has 0 unspecified atom stereocenters. The molecule has 2 fully saturated rings. The Bertz CT molecular complexity index is 794. The molecule has 4 rings (SSSR count). The van der Waals surface area contributed by atoms with Gasteiger partial charge in [0.15, 0.2) is 5.76 Å². The van der Waals surface area contributed by atoms with Crippen LogP contribution in [0.15, 0.2) is 27.2 Å². The summed E-state index contributed by atoms with van der Waals surface area (Å²) in [6, 6.07) is 5.57. The number of carbonyl (C=O) groups excluding carboxylic acids is 1. The fourth-order valence-corrected chi connectivity index (χ4v) is 3.48. The van der Waals surface area contributed by atoms with Gasteiger partial charge in [-0.3, -0.25) is 4.79 Å². The molecule has 2 aromatic heterocycles. The van der Waals surface area contributed by atoms with Crippen molar-refractivity contribution in [3.8, 4) is 17.7 Å². The van der Waals surface area contributed by atoms with Gasteiger partial charge < -0.3 is 23.4 Å². The minimum Gasteiger partial charge on any atom is -0.459 e. The number of ether oxygens (including phenoxy) is 1. The third-order valence-corrected chi connectivity index (χ3v) is 4.90. The van der Waals surface area contributed by atoms with Crippen LogP contribution in [0.4, 0.5) is 5.88 Å². The van der Waals surface area contributed by atoms with Gasteiger partial charge in [0.1, 0.15) is 6.07 Å². The van der Waals surface area contributed by atoms with Gasteiger partial charge in [-0.2, -0.15) is 10.2 Å². The monoisotopic (exact) mass is 356 g/mol. The summed E-state index contributed by atoms with van der Waals surface area (Å²) >= 11 is 0. The number of aromatic nitrogens is 1. The fraction of sp³-hybridized carbons (Fsp3) is 0.500. The van der Waals surface area contributed by atoms with Gasteiger partial charge in [0.25, 0.3) is 5.89 Å². The molecule has 2 saturated heterocycles. The Hall–Kier alpha value is -2.79. The molecule has 136 valence electrons. The number of hydrogen-bond donors (Lipinski definition) is 0. The standard InChI is InChI=1S/C18H20N4O4/c19-12-14-18(26-16(20-14)15-2-1-9-25-15)22-5-3-13(4-6-22)17(23)21-7-10-24-11-8-21/h1-2,9,13H,3-8,10-11H2. The molecule has 0 aliphatic carbocycles. The summed E-state index contributed by atoms with van der Waals surface area (Å²) in [5.41, 5.74) is 0.245. The van der Waals surface area contributed by atoms with Crippen molar-refractivity contribution in [2.24, 2.45) is 5.92 Å². The van der Waals surface area contributed by atoms with Gasteiger partial charge in [0, 0.05) is 32.1 Å². The molecule has 2 aliphatic rings. The fourth-order valence-electron chi connectivity index (χ4n) is 3.48. The predicted octanol–water partition coefficient (Wildman–Crippen LogP) is 1.88. The van der Waals surface area contributed by atoms with E-state index >= 15 is 0 Å². The first-order valence-electron chi connectivity index (χ1n) is 8.82. The van der Waals surface area contributed by atoms with Gasteiger partial charge in [-0.05, 0) is 25.0 Å². The van der Waals surface area contributed by atoms with E-state index in [1.165, 1.54) is 6.26 Å². The lowest BCUT2D eigenvalue weighted by Gasteiger charge is -2.35. The number of morpholine rings is 1. The van der Waals surface area contributed by atoms with Crippen LogP contribution in [-0.2, 0) is 9.53 Å². The highest BCUT2D eigenvalue weighted by Crippen LogP contribution is 2.31. The van der Waals surface area contributed by atoms with E-state index in [2.05, 4.69) is 11.1 Å². The summed E-state index contributed by atoms with van der Waals surface area (Å²) in [5, 5.41) is 9.37. The van der Waals surface area contributed by atoms with Crippen LogP contribution in [0.5, 0.6) is 0 Å². The quantitative estimate of drug-likeness (QED) is 0.828. The van der Waals surface area contributed by atoms with Crippen LogP contribution in [0, 0.1) is 17.2 Å². The van der Waals surface area contributed by atoms with Gasteiger partial charge in [0.2, 0.25) is 17.5 Å². The molecule has 8 nitrogen and oxygen atoms in total. The molecule has 26 heavy (non-hydrogen) atoms. The summed E-state index contributed by atoms with van der Waals surface area (Å²) in [6.45, 7) is 3.89. The van der Waals surface area contributed by atoms with E-state index in [0.29, 0.717) is 56.9 Å². The van der Waals surface area contributed by atoms with E-state index in [9.17, 15) is 10.1 Å². The Morgan fingerprint density at radius 3 is 2.65 bits per heavy atom. The molecular weight excluding hydrogens is 336 g/mol. The Kier molecular flexibility index (Phi) is 4.63. The number of rotatable bonds is 3. The van der Waals surface area contributed by atoms with Crippen LogP contribution in [0.1, 0.15) is 18.5 Å². The van der Waals surface area contributed by atoms with Crippen LogP contribution >= 0.6 is 0 Å². The largest absolute Gasteiger partial charge is 0.459 e. The third-order valence-electron chi connectivity index (χ3n) is 4.90. The molecule has 0 N–H and O–H groups in total. The minimum atomic E-state index is 0.0161. The molecule has 0 spiro atoms. The van der Waals surface area contributed by atoms with Gasteiger partial charge in [0.05, 0.1) is 19.5 Å². The number of amides is 1. The number of nitriles is 1. The average Bonchev–Trinajstić information content (AvgIpc) is 3.37. The highest BCUT2D eigenvalue weighted by Gasteiger charge is 2.32. The number of hydrogen-bond acceptors (Lipinski definition) is 7. The average molecular weight is 356 g/mol. The summed E-state index contributed by atoms with van der Waals surface area (Å²) in [6.07, 6.45) is 3.00. The maximum Gasteiger partial charge on any atom is 0.266 e. The van der Waals surface area contributed by atoms with Crippen molar-refractivity contribution < 1.29 is 18.4 Å². The molecule has 8 heteroatoms. The van der Waals surface area contributed by atoms with Crippen LogP contribution < -0.4 is 4.90 Å². The van der Waals surface area contributed by atoms with Gasteiger partial charge in [-0.15, -0.1) is 0 Å². The Morgan fingerprint density at radius 1 is 1.23 bits per heavy atom. The van der Waals surface area contributed by atoms with Crippen molar-refractivity contribution >= 4 is 11.8 Å². The molecule has 4 heterocycles. The van der Waals surface area contributed by atoms with E-state index in [1.807, 2.05) is 9.80 Å². The van der Waals surface area contributed by atoms with Crippen LogP contribution in [0.2, 0.25) is 0 Å². The first kappa shape index (κ1) is 16.7. The lowest BCUT2D eigenvalue weighted by atomic mass is 9.95. The Balaban J connectivity index is 1.43. The third kappa shape index (κ3) is 3.18.